The van der Waals surface area contributed by atoms with E-state index >= 15 is 0 Å². The fraction of sp³-hybridized carbons (Fsp3) is 0.611. The third-order valence-electron chi connectivity index (χ3n) is 8.49. The molecule has 208 valence electrons. The number of rotatable bonds is 0. The zero-order chi connectivity index (χ0) is 29.6. The van der Waals surface area contributed by atoms with Crippen LogP contribution in [0.15, 0.2) is 68.9 Å². The molecule has 0 amide bonds. The van der Waals surface area contributed by atoms with Gasteiger partial charge < -0.3 is 0 Å². The molecule has 0 N–H and O–H groups in total. The van der Waals surface area contributed by atoms with E-state index in [4.69, 9.17) is 0 Å². The second-order valence-corrected chi connectivity index (χ2v) is 16.8. The molecule has 0 bridgehead atoms. The predicted octanol–water partition coefficient (Wildman–Crippen LogP) is 9.70. The number of ketones is 2. The summed E-state index contributed by atoms with van der Waals surface area (Å²) in [6.07, 6.45) is 8.65. The van der Waals surface area contributed by atoms with Crippen LogP contribution in [-0.2, 0) is 9.59 Å². The van der Waals surface area contributed by atoms with Crippen LogP contribution in [0.4, 0.5) is 0 Å². The molecular formula is C36H52O2. The van der Waals surface area contributed by atoms with Gasteiger partial charge in [-0.15, -0.1) is 0 Å². The van der Waals surface area contributed by atoms with Gasteiger partial charge in [0.1, 0.15) is 0 Å². The summed E-state index contributed by atoms with van der Waals surface area (Å²) in [5.41, 5.74) is 7.18. The summed E-state index contributed by atoms with van der Waals surface area (Å²) in [5.74, 6) is 0.341. The van der Waals surface area contributed by atoms with Gasteiger partial charge in [0.25, 0.3) is 0 Å². The highest BCUT2D eigenvalue weighted by molar-refractivity contribution is 6.12. The number of carbonyl (C=O) groups is 2. The van der Waals surface area contributed by atoms with E-state index in [0.717, 1.165) is 22.3 Å². The molecule has 38 heavy (non-hydrogen) atoms. The first-order valence-corrected chi connectivity index (χ1v) is 14.2. The Hall–Kier alpha value is -2.22. The molecule has 3 aliphatic carbocycles. The molecule has 0 radical (unpaired) electrons. The lowest BCUT2D eigenvalue weighted by atomic mass is 9.45. The van der Waals surface area contributed by atoms with Crippen molar-refractivity contribution in [1.29, 1.82) is 0 Å². The third-order valence-corrected chi connectivity index (χ3v) is 8.49. The van der Waals surface area contributed by atoms with Crippen LogP contribution in [0.5, 0.6) is 0 Å². The van der Waals surface area contributed by atoms with Crippen LogP contribution in [0.2, 0.25) is 0 Å². The minimum absolute atomic E-state index is 0.171. The Labute approximate surface area is 233 Å². The molecule has 3 aliphatic rings. The van der Waals surface area contributed by atoms with Crippen LogP contribution in [0.25, 0.3) is 0 Å². The average molecular weight is 517 g/mol. The van der Waals surface area contributed by atoms with Crippen molar-refractivity contribution in [3.05, 3.63) is 68.9 Å². The van der Waals surface area contributed by atoms with Gasteiger partial charge >= 0.3 is 0 Å². The van der Waals surface area contributed by atoms with Gasteiger partial charge in [0.15, 0.2) is 11.6 Å². The van der Waals surface area contributed by atoms with Crippen LogP contribution in [0.1, 0.15) is 111 Å². The van der Waals surface area contributed by atoms with Crippen LogP contribution < -0.4 is 0 Å². The van der Waals surface area contributed by atoms with E-state index in [1.165, 1.54) is 22.3 Å². The summed E-state index contributed by atoms with van der Waals surface area (Å²) >= 11 is 0. The Bertz CT molecular complexity index is 1090. The predicted molar refractivity (Wildman–Crippen MR) is 162 cm³/mol. The molecule has 3 rings (SSSR count). The minimum Gasteiger partial charge on any atom is -0.289 e. The first kappa shape index (κ1) is 30.3. The van der Waals surface area contributed by atoms with Crippen molar-refractivity contribution >= 4 is 11.6 Å². The fourth-order valence-corrected chi connectivity index (χ4v) is 6.97. The smallest absolute Gasteiger partial charge is 0.186 e. The minimum atomic E-state index is -0.245. The first-order valence-electron chi connectivity index (χ1n) is 14.2. The fourth-order valence-electron chi connectivity index (χ4n) is 6.97. The van der Waals surface area contributed by atoms with E-state index < -0.39 is 0 Å². The maximum atomic E-state index is 13.6. The quantitative estimate of drug-likeness (QED) is 0.321. The topological polar surface area (TPSA) is 34.1 Å². The Morgan fingerprint density at radius 1 is 0.421 bits per heavy atom. The first-order chi connectivity index (χ1) is 16.7. The number of hydrogen-bond donors (Lipinski definition) is 0. The van der Waals surface area contributed by atoms with Crippen LogP contribution in [-0.4, -0.2) is 11.6 Å². The van der Waals surface area contributed by atoms with Crippen molar-refractivity contribution in [2.75, 3.05) is 0 Å². The molecule has 1 fully saturated rings. The summed E-state index contributed by atoms with van der Waals surface area (Å²) in [7, 11) is 0. The molecule has 0 aromatic rings. The lowest BCUT2D eigenvalue weighted by molar-refractivity contribution is -0.114. The normalized spacial score (nSPS) is 22.6. The van der Waals surface area contributed by atoms with Crippen molar-refractivity contribution in [1.82, 2.24) is 0 Å². The molecule has 2 heteroatoms. The van der Waals surface area contributed by atoms with E-state index in [1.807, 2.05) is 0 Å². The summed E-state index contributed by atoms with van der Waals surface area (Å²) in [5, 5.41) is 0. The molecule has 0 aromatic heterocycles. The van der Waals surface area contributed by atoms with Crippen molar-refractivity contribution in [2.45, 2.75) is 111 Å². The molecule has 0 saturated heterocycles. The lowest BCUT2D eigenvalue weighted by Gasteiger charge is -2.58. The van der Waals surface area contributed by atoms with Crippen molar-refractivity contribution in [3.63, 3.8) is 0 Å². The van der Waals surface area contributed by atoms with E-state index in [0.29, 0.717) is 0 Å². The largest absolute Gasteiger partial charge is 0.289 e. The summed E-state index contributed by atoms with van der Waals surface area (Å²) < 4.78 is 0. The highest BCUT2D eigenvalue weighted by atomic mass is 16.1. The summed E-state index contributed by atoms with van der Waals surface area (Å²) in [6, 6.07) is 0. The standard InChI is InChI=1S/C36H52O2/c1-31(2,3)23-17-21(18-24(27(23)37)32(4,5)6)29-35(13,14)30(36(29,15)16)22-19-25(33(7,8)9)28(38)26(20-22)34(10,11)12/h17-20H,1-16H3. The Morgan fingerprint density at radius 2 is 0.605 bits per heavy atom. The molecule has 0 unspecified atom stereocenters. The third kappa shape index (κ3) is 4.93. The Balaban J connectivity index is 2.39. The van der Waals surface area contributed by atoms with Crippen LogP contribution in [0, 0.1) is 32.5 Å². The second-order valence-electron chi connectivity index (χ2n) is 16.8. The maximum Gasteiger partial charge on any atom is 0.186 e. The zero-order valence-corrected chi connectivity index (χ0v) is 27.1. The summed E-state index contributed by atoms with van der Waals surface area (Å²) in [6.45, 7) is 34.8. The van der Waals surface area contributed by atoms with E-state index in [-0.39, 0.29) is 44.1 Å². The molecule has 2 nitrogen and oxygen atoms in total. The number of hydrogen-bond acceptors (Lipinski definition) is 2. The van der Waals surface area contributed by atoms with Crippen LogP contribution >= 0.6 is 0 Å². The van der Waals surface area contributed by atoms with Gasteiger partial charge in [0.05, 0.1) is 0 Å². The van der Waals surface area contributed by atoms with Gasteiger partial charge in [0.2, 0.25) is 0 Å². The Morgan fingerprint density at radius 3 is 0.763 bits per heavy atom. The average Bonchev–Trinajstić information content (AvgIpc) is 2.65. The Kier molecular flexibility index (Phi) is 6.89. The van der Waals surface area contributed by atoms with Gasteiger partial charge in [-0.25, -0.2) is 0 Å². The highest BCUT2D eigenvalue weighted by Crippen LogP contribution is 2.66. The van der Waals surface area contributed by atoms with E-state index in [1.54, 1.807) is 0 Å². The number of allylic oxidation sites excluding steroid dienone is 12. The molecule has 0 aromatic carbocycles. The van der Waals surface area contributed by atoms with E-state index in [9.17, 15) is 9.59 Å². The van der Waals surface area contributed by atoms with Gasteiger partial charge in [-0.2, -0.15) is 0 Å². The van der Waals surface area contributed by atoms with Gasteiger partial charge in [0, 0.05) is 33.1 Å². The van der Waals surface area contributed by atoms with Crippen molar-refractivity contribution in [2.24, 2.45) is 32.5 Å². The summed E-state index contributed by atoms with van der Waals surface area (Å²) in [4.78, 5) is 27.2. The van der Waals surface area contributed by atoms with Crippen molar-refractivity contribution < 1.29 is 9.59 Å². The molecule has 0 heterocycles. The van der Waals surface area contributed by atoms with E-state index in [2.05, 4.69) is 135 Å². The molecule has 0 atom stereocenters. The maximum absolute atomic E-state index is 13.6. The van der Waals surface area contributed by atoms with Gasteiger partial charge in [-0.1, -0.05) is 111 Å². The SMILES string of the molecule is CC(C)(C)C1=CC(=C2C(C)(C)C(=C3C=C(C(C)(C)C)C(=O)C(C(C)(C)C)=C3)C2(C)C)C=C(C(C)(C)C)C1=O. The van der Waals surface area contributed by atoms with Crippen molar-refractivity contribution in [3.8, 4) is 0 Å². The molecule has 0 aliphatic heterocycles. The molecular weight excluding hydrogens is 464 g/mol. The highest BCUT2D eigenvalue weighted by Gasteiger charge is 2.56. The van der Waals surface area contributed by atoms with Crippen LogP contribution in [0.3, 0.4) is 0 Å². The molecule has 0 spiro atoms. The van der Waals surface area contributed by atoms with Gasteiger partial charge in [-0.3, -0.25) is 9.59 Å². The lowest BCUT2D eigenvalue weighted by Crippen LogP contribution is -2.48. The number of Topliss-reactive ketones (excluding diaryl/α,β-unsaturated/α-hetero) is 2. The second kappa shape index (κ2) is 8.64. The monoisotopic (exact) mass is 516 g/mol. The zero-order valence-electron chi connectivity index (χ0n) is 27.1. The van der Waals surface area contributed by atoms with Gasteiger partial charge in [-0.05, 0) is 68.3 Å². The molecule has 1 saturated carbocycles. The number of carbonyl (C=O) groups excluding carboxylic acids is 2.